The first kappa shape index (κ1) is 16.7. The summed E-state index contributed by atoms with van der Waals surface area (Å²) in [5, 5.41) is 0. The number of nitrogens with two attached hydrogens (primary N) is 1. The molecule has 1 saturated carbocycles. The van der Waals surface area contributed by atoms with Crippen LogP contribution in [-0.4, -0.2) is 66.5 Å². The zero-order chi connectivity index (χ0) is 16.2. The second-order valence-electron chi connectivity index (χ2n) is 7.05. The Labute approximate surface area is 138 Å². The Morgan fingerprint density at radius 3 is 2.04 bits per heavy atom. The van der Waals surface area contributed by atoms with Crippen LogP contribution in [0.3, 0.4) is 0 Å². The molecule has 2 saturated heterocycles. The summed E-state index contributed by atoms with van der Waals surface area (Å²) in [4.78, 5) is 28.9. The molecule has 3 rings (SSSR count). The Hall–Kier alpha value is -1.14. The SMILES string of the molecule is NC[C@H]1CC[C@@H](C(=O)N2CCN(C(=O)C3CCCCC3)CC2)O1. The maximum atomic E-state index is 12.6. The molecule has 0 aromatic rings. The number of hydrogen-bond acceptors (Lipinski definition) is 4. The third kappa shape index (κ3) is 3.86. The van der Waals surface area contributed by atoms with Gasteiger partial charge in [-0.15, -0.1) is 0 Å². The molecule has 3 aliphatic rings. The van der Waals surface area contributed by atoms with Gasteiger partial charge in [-0.2, -0.15) is 0 Å². The van der Waals surface area contributed by atoms with Crippen LogP contribution in [0.1, 0.15) is 44.9 Å². The van der Waals surface area contributed by atoms with Crippen molar-refractivity contribution in [2.24, 2.45) is 11.7 Å². The van der Waals surface area contributed by atoms with Crippen molar-refractivity contribution in [2.45, 2.75) is 57.2 Å². The van der Waals surface area contributed by atoms with Crippen LogP contribution in [0.2, 0.25) is 0 Å². The van der Waals surface area contributed by atoms with Gasteiger partial charge in [0.05, 0.1) is 6.10 Å². The van der Waals surface area contributed by atoms with Crippen LogP contribution >= 0.6 is 0 Å². The average Bonchev–Trinajstić information content (AvgIpc) is 3.10. The highest BCUT2D eigenvalue weighted by Crippen LogP contribution is 2.26. The first-order chi connectivity index (χ1) is 11.2. The molecule has 0 bridgehead atoms. The molecule has 2 aliphatic heterocycles. The number of amides is 2. The zero-order valence-electron chi connectivity index (χ0n) is 13.9. The van der Waals surface area contributed by atoms with Crippen molar-refractivity contribution in [3.05, 3.63) is 0 Å². The molecule has 0 radical (unpaired) electrons. The van der Waals surface area contributed by atoms with Crippen molar-refractivity contribution in [2.75, 3.05) is 32.7 Å². The van der Waals surface area contributed by atoms with Gasteiger partial charge in [0, 0.05) is 38.6 Å². The van der Waals surface area contributed by atoms with Crippen molar-refractivity contribution in [3.63, 3.8) is 0 Å². The molecule has 3 fully saturated rings. The zero-order valence-corrected chi connectivity index (χ0v) is 13.9. The third-order valence-electron chi connectivity index (χ3n) is 5.50. The molecule has 0 aromatic heterocycles. The van der Waals surface area contributed by atoms with Gasteiger partial charge >= 0.3 is 0 Å². The topological polar surface area (TPSA) is 75.9 Å². The maximum absolute atomic E-state index is 12.6. The van der Waals surface area contributed by atoms with E-state index in [1.807, 2.05) is 9.80 Å². The summed E-state index contributed by atoms with van der Waals surface area (Å²) in [5.41, 5.74) is 5.60. The van der Waals surface area contributed by atoms with E-state index in [2.05, 4.69) is 0 Å². The van der Waals surface area contributed by atoms with Crippen LogP contribution in [0.5, 0.6) is 0 Å². The molecule has 2 N–H and O–H groups in total. The summed E-state index contributed by atoms with van der Waals surface area (Å²) >= 11 is 0. The smallest absolute Gasteiger partial charge is 0.251 e. The minimum Gasteiger partial charge on any atom is -0.364 e. The number of piperazine rings is 1. The van der Waals surface area contributed by atoms with E-state index in [1.54, 1.807) is 0 Å². The summed E-state index contributed by atoms with van der Waals surface area (Å²) in [6.07, 6.45) is 7.02. The fourth-order valence-corrected chi connectivity index (χ4v) is 4.02. The Balaban J connectivity index is 1.46. The minimum atomic E-state index is -0.329. The third-order valence-corrected chi connectivity index (χ3v) is 5.50. The van der Waals surface area contributed by atoms with Crippen molar-refractivity contribution in [3.8, 4) is 0 Å². The lowest BCUT2D eigenvalue weighted by Crippen LogP contribution is -2.54. The van der Waals surface area contributed by atoms with Gasteiger partial charge in [-0.05, 0) is 25.7 Å². The van der Waals surface area contributed by atoms with Gasteiger partial charge in [0.1, 0.15) is 6.10 Å². The first-order valence-corrected chi connectivity index (χ1v) is 9.12. The van der Waals surface area contributed by atoms with Crippen molar-refractivity contribution in [1.29, 1.82) is 0 Å². The predicted octanol–water partition coefficient (Wildman–Crippen LogP) is 0.744. The maximum Gasteiger partial charge on any atom is 0.251 e. The molecule has 23 heavy (non-hydrogen) atoms. The lowest BCUT2D eigenvalue weighted by atomic mass is 9.88. The molecule has 2 amide bonds. The molecule has 2 atom stereocenters. The van der Waals surface area contributed by atoms with Crippen LogP contribution in [-0.2, 0) is 14.3 Å². The van der Waals surface area contributed by atoms with E-state index in [-0.39, 0.29) is 24.0 Å². The van der Waals surface area contributed by atoms with Gasteiger partial charge in [-0.3, -0.25) is 9.59 Å². The van der Waals surface area contributed by atoms with Crippen LogP contribution in [0.4, 0.5) is 0 Å². The minimum absolute atomic E-state index is 0.0260. The van der Waals surface area contributed by atoms with Crippen LogP contribution < -0.4 is 5.73 Å². The van der Waals surface area contributed by atoms with Crippen LogP contribution in [0, 0.1) is 5.92 Å². The number of ether oxygens (including phenoxy) is 1. The summed E-state index contributed by atoms with van der Waals surface area (Å²) in [6, 6.07) is 0. The molecule has 1 aliphatic carbocycles. The lowest BCUT2D eigenvalue weighted by Gasteiger charge is -2.37. The quantitative estimate of drug-likeness (QED) is 0.831. The van der Waals surface area contributed by atoms with E-state index in [0.717, 1.165) is 25.7 Å². The average molecular weight is 323 g/mol. The fraction of sp³-hybridized carbons (Fsp3) is 0.882. The molecule has 0 aromatic carbocycles. The number of nitrogens with zero attached hydrogens (tertiary/aromatic N) is 2. The highest BCUT2D eigenvalue weighted by Gasteiger charge is 2.35. The van der Waals surface area contributed by atoms with E-state index in [4.69, 9.17) is 10.5 Å². The monoisotopic (exact) mass is 323 g/mol. The van der Waals surface area contributed by atoms with E-state index < -0.39 is 0 Å². The Morgan fingerprint density at radius 1 is 0.870 bits per heavy atom. The van der Waals surface area contributed by atoms with Crippen LogP contribution in [0.25, 0.3) is 0 Å². The molecular weight excluding hydrogens is 294 g/mol. The van der Waals surface area contributed by atoms with Crippen molar-refractivity contribution < 1.29 is 14.3 Å². The Morgan fingerprint density at radius 2 is 1.48 bits per heavy atom. The molecule has 130 valence electrons. The second kappa shape index (κ2) is 7.62. The largest absolute Gasteiger partial charge is 0.364 e. The number of hydrogen-bond donors (Lipinski definition) is 1. The predicted molar refractivity (Wildman–Crippen MR) is 86.7 cm³/mol. The van der Waals surface area contributed by atoms with Gasteiger partial charge < -0.3 is 20.3 Å². The van der Waals surface area contributed by atoms with E-state index in [9.17, 15) is 9.59 Å². The molecular formula is C17H29N3O3. The van der Waals surface area contributed by atoms with Gasteiger partial charge in [0.2, 0.25) is 5.91 Å². The molecule has 0 unspecified atom stereocenters. The van der Waals surface area contributed by atoms with Crippen molar-refractivity contribution in [1.82, 2.24) is 9.80 Å². The van der Waals surface area contributed by atoms with Gasteiger partial charge in [-0.25, -0.2) is 0 Å². The highest BCUT2D eigenvalue weighted by molar-refractivity contribution is 5.82. The van der Waals surface area contributed by atoms with Gasteiger partial charge in [0.25, 0.3) is 5.91 Å². The number of rotatable bonds is 3. The summed E-state index contributed by atoms with van der Waals surface area (Å²) in [5.74, 6) is 0.595. The highest BCUT2D eigenvalue weighted by atomic mass is 16.5. The van der Waals surface area contributed by atoms with Gasteiger partial charge in [0.15, 0.2) is 0 Å². The summed E-state index contributed by atoms with van der Waals surface area (Å²) < 4.78 is 5.70. The normalized spacial score (nSPS) is 29.8. The number of carbonyl (C=O) groups excluding carboxylic acids is 2. The molecule has 2 heterocycles. The standard InChI is InChI=1S/C17H29N3O3/c18-12-14-6-7-15(23-14)17(22)20-10-8-19(9-11-20)16(21)13-4-2-1-3-5-13/h13-15H,1-12,18H2/t14-,15+/m1/s1. The summed E-state index contributed by atoms with van der Waals surface area (Å²) in [6.45, 7) is 3.06. The lowest BCUT2D eigenvalue weighted by molar-refractivity contribution is -0.148. The van der Waals surface area contributed by atoms with Crippen LogP contribution in [0.15, 0.2) is 0 Å². The Kier molecular flexibility index (Phi) is 5.54. The van der Waals surface area contributed by atoms with E-state index >= 15 is 0 Å². The van der Waals surface area contributed by atoms with Crippen molar-refractivity contribution >= 4 is 11.8 Å². The first-order valence-electron chi connectivity index (χ1n) is 9.12. The fourth-order valence-electron chi connectivity index (χ4n) is 4.02. The molecule has 6 heteroatoms. The molecule has 6 nitrogen and oxygen atoms in total. The molecule has 0 spiro atoms. The van der Waals surface area contributed by atoms with E-state index in [1.165, 1.54) is 19.3 Å². The second-order valence-corrected chi connectivity index (χ2v) is 7.05. The van der Waals surface area contributed by atoms with E-state index in [0.29, 0.717) is 38.6 Å². The summed E-state index contributed by atoms with van der Waals surface area (Å²) in [7, 11) is 0. The number of carbonyl (C=O) groups is 2. The van der Waals surface area contributed by atoms with Gasteiger partial charge in [-0.1, -0.05) is 19.3 Å². The Bertz CT molecular complexity index is 429.